The van der Waals surface area contributed by atoms with E-state index >= 15 is 0 Å². The van der Waals surface area contributed by atoms with E-state index < -0.39 is 10.0 Å². The third-order valence-corrected chi connectivity index (χ3v) is 8.25. The molecule has 14 heteroatoms. The third-order valence-electron chi connectivity index (χ3n) is 4.89. The summed E-state index contributed by atoms with van der Waals surface area (Å²) in [5.74, 6) is 0.749. The molecule has 0 aliphatic heterocycles. The van der Waals surface area contributed by atoms with Crippen LogP contribution >= 0.6 is 34.7 Å². The summed E-state index contributed by atoms with van der Waals surface area (Å²) in [4.78, 5) is 16.6. The van der Waals surface area contributed by atoms with Crippen molar-refractivity contribution in [2.75, 3.05) is 15.8 Å². The molecule has 0 spiro atoms. The van der Waals surface area contributed by atoms with Gasteiger partial charge in [-0.15, -0.1) is 21.5 Å². The minimum Gasteiger partial charge on any atom is -0.461 e. The predicted octanol–water partition coefficient (Wildman–Crippen LogP) is 5.17. The highest BCUT2D eigenvalue weighted by Gasteiger charge is 2.19. The Bertz CT molecular complexity index is 1600. The molecule has 3 heterocycles. The normalized spacial score (nSPS) is 11.4. The number of benzene rings is 2. The average molecular weight is 573 g/mol. The zero-order valence-corrected chi connectivity index (χ0v) is 21.9. The minimum absolute atomic E-state index is 0.0372. The van der Waals surface area contributed by atoms with E-state index in [9.17, 15) is 13.2 Å². The van der Waals surface area contributed by atoms with Crippen LogP contribution in [0.25, 0.3) is 17.3 Å². The van der Waals surface area contributed by atoms with Gasteiger partial charge in [0.1, 0.15) is 0 Å². The highest BCUT2D eigenvalue weighted by atomic mass is 35.5. The molecule has 0 aliphatic carbocycles. The standard InChI is InChI=1S/C23H17ClN6O4S3/c24-15-3-7-17(8-4-15)30-21(19-2-1-12-34-19)27-28-23(30)36-14-20(31)26-16-5-9-18(10-6-16)37(32,33)29-22-25-11-13-35-22/h1-13H,14H2,(H,25,29)(H,26,31). The Labute approximate surface area is 224 Å². The Balaban J connectivity index is 1.27. The van der Waals surface area contributed by atoms with Crippen LogP contribution in [0.1, 0.15) is 0 Å². The molecule has 0 bridgehead atoms. The number of hydrogen-bond acceptors (Lipinski definition) is 9. The van der Waals surface area contributed by atoms with Crippen LogP contribution < -0.4 is 10.0 Å². The van der Waals surface area contributed by atoms with Gasteiger partial charge in [0, 0.05) is 28.0 Å². The van der Waals surface area contributed by atoms with Gasteiger partial charge < -0.3 is 9.73 Å². The number of nitrogens with zero attached hydrogens (tertiary/aromatic N) is 4. The minimum atomic E-state index is -3.78. The van der Waals surface area contributed by atoms with E-state index in [2.05, 4.69) is 25.2 Å². The van der Waals surface area contributed by atoms with Gasteiger partial charge in [-0.1, -0.05) is 23.4 Å². The first kappa shape index (κ1) is 25.0. The number of sulfonamides is 1. The number of rotatable bonds is 9. The summed E-state index contributed by atoms with van der Waals surface area (Å²) in [6.07, 6.45) is 3.05. The van der Waals surface area contributed by atoms with Gasteiger partial charge >= 0.3 is 0 Å². The molecule has 5 aromatic rings. The van der Waals surface area contributed by atoms with Gasteiger partial charge in [-0.25, -0.2) is 13.4 Å². The lowest BCUT2D eigenvalue weighted by Crippen LogP contribution is -2.15. The van der Waals surface area contributed by atoms with E-state index in [1.165, 1.54) is 53.6 Å². The quantitative estimate of drug-likeness (QED) is 0.231. The monoisotopic (exact) mass is 572 g/mol. The van der Waals surface area contributed by atoms with E-state index in [1.54, 1.807) is 40.5 Å². The van der Waals surface area contributed by atoms with Crippen LogP contribution in [-0.4, -0.2) is 39.8 Å². The van der Waals surface area contributed by atoms with Crippen molar-refractivity contribution in [1.82, 2.24) is 19.7 Å². The fourth-order valence-corrected chi connectivity index (χ4v) is 5.91. The lowest BCUT2D eigenvalue weighted by Gasteiger charge is -2.10. The number of thioether (sulfide) groups is 1. The number of hydrogen-bond donors (Lipinski definition) is 2. The molecule has 0 unspecified atom stereocenters. The van der Waals surface area contributed by atoms with E-state index in [1.807, 2.05) is 12.1 Å². The number of nitrogens with one attached hydrogen (secondary N) is 2. The summed E-state index contributed by atoms with van der Waals surface area (Å²) in [6, 6.07) is 16.5. The van der Waals surface area contributed by atoms with Gasteiger partial charge in [0.2, 0.25) is 11.7 Å². The summed E-state index contributed by atoms with van der Waals surface area (Å²) >= 11 is 8.41. The van der Waals surface area contributed by atoms with Gasteiger partial charge in [0.15, 0.2) is 16.0 Å². The summed E-state index contributed by atoms with van der Waals surface area (Å²) in [7, 11) is -3.78. The molecular formula is C23H17ClN6O4S3. The van der Waals surface area contributed by atoms with E-state index in [4.69, 9.17) is 16.0 Å². The van der Waals surface area contributed by atoms with Crippen molar-refractivity contribution in [2.45, 2.75) is 10.1 Å². The second-order valence-corrected chi connectivity index (χ2v) is 11.4. The van der Waals surface area contributed by atoms with Crippen molar-refractivity contribution in [2.24, 2.45) is 0 Å². The smallest absolute Gasteiger partial charge is 0.263 e. The van der Waals surface area contributed by atoms with Crippen LogP contribution in [0, 0.1) is 0 Å². The summed E-state index contributed by atoms with van der Waals surface area (Å²) < 4.78 is 34.7. The Morgan fingerprint density at radius 1 is 1.08 bits per heavy atom. The van der Waals surface area contributed by atoms with Crippen LogP contribution in [-0.2, 0) is 14.8 Å². The fraction of sp³-hybridized carbons (Fsp3) is 0.0435. The second-order valence-electron chi connectivity index (χ2n) is 7.40. The number of halogens is 1. The third kappa shape index (κ3) is 5.85. The number of aromatic nitrogens is 4. The maximum Gasteiger partial charge on any atom is 0.263 e. The average Bonchev–Trinajstić information content (AvgIpc) is 3.65. The molecule has 0 fully saturated rings. The van der Waals surface area contributed by atoms with E-state index in [-0.39, 0.29) is 21.7 Å². The molecule has 188 valence electrons. The second kappa shape index (κ2) is 10.8. The summed E-state index contributed by atoms with van der Waals surface area (Å²) in [5, 5.41) is 14.3. The molecule has 10 nitrogen and oxygen atoms in total. The molecule has 1 amide bonds. The molecule has 2 N–H and O–H groups in total. The number of carbonyl (C=O) groups is 1. The maximum absolute atomic E-state index is 12.6. The lowest BCUT2D eigenvalue weighted by molar-refractivity contribution is -0.113. The zero-order chi connectivity index (χ0) is 25.8. The van der Waals surface area contributed by atoms with Crippen LogP contribution in [0.4, 0.5) is 10.8 Å². The van der Waals surface area contributed by atoms with Gasteiger partial charge in [0.25, 0.3) is 10.0 Å². The van der Waals surface area contributed by atoms with E-state index in [0.29, 0.717) is 27.5 Å². The number of anilines is 2. The topological polar surface area (TPSA) is 132 Å². The molecule has 0 saturated carbocycles. The van der Waals surface area contributed by atoms with Crippen molar-refractivity contribution < 1.29 is 17.6 Å². The first-order valence-electron chi connectivity index (χ1n) is 10.6. The van der Waals surface area contributed by atoms with Crippen molar-refractivity contribution in [3.8, 4) is 17.3 Å². The molecule has 2 aromatic carbocycles. The Hall–Kier alpha value is -3.65. The summed E-state index contributed by atoms with van der Waals surface area (Å²) in [5.41, 5.74) is 1.21. The molecular weight excluding hydrogens is 556 g/mol. The Kier molecular flexibility index (Phi) is 7.28. The maximum atomic E-state index is 12.6. The van der Waals surface area contributed by atoms with Crippen LogP contribution in [0.15, 0.2) is 93.0 Å². The largest absolute Gasteiger partial charge is 0.461 e. The molecule has 0 aliphatic rings. The SMILES string of the molecule is O=C(CSc1nnc(-c2ccco2)n1-c1ccc(Cl)cc1)Nc1ccc(S(=O)(=O)Nc2nccs2)cc1. The van der Waals surface area contributed by atoms with Gasteiger partial charge in [0.05, 0.1) is 16.9 Å². The highest BCUT2D eigenvalue weighted by molar-refractivity contribution is 7.99. The number of furan rings is 1. The Morgan fingerprint density at radius 2 is 1.86 bits per heavy atom. The fourth-order valence-electron chi connectivity index (χ4n) is 3.24. The molecule has 0 saturated heterocycles. The molecule has 0 radical (unpaired) electrons. The van der Waals surface area contributed by atoms with Crippen LogP contribution in [0.5, 0.6) is 0 Å². The van der Waals surface area contributed by atoms with Crippen molar-refractivity contribution in [3.05, 3.63) is 83.5 Å². The van der Waals surface area contributed by atoms with Gasteiger partial charge in [-0.3, -0.25) is 14.1 Å². The highest BCUT2D eigenvalue weighted by Crippen LogP contribution is 2.29. The van der Waals surface area contributed by atoms with E-state index in [0.717, 1.165) is 5.69 Å². The summed E-state index contributed by atoms with van der Waals surface area (Å²) in [6.45, 7) is 0. The first-order valence-corrected chi connectivity index (χ1v) is 14.3. The molecule has 0 atom stereocenters. The van der Waals surface area contributed by atoms with Crippen molar-refractivity contribution in [1.29, 1.82) is 0 Å². The molecule has 3 aromatic heterocycles. The molecule has 5 rings (SSSR count). The van der Waals surface area contributed by atoms with Gasteiger partial charge in [-0.05, 0) is 60.7 Å². The van der Waals surface area contributed by atoms with Crippen molar-refractivity contribution >= 4 is 61.4 Å². The Morgan fingerprint density at radius 3 is 2.54 bits per heavy atom. The number of carbonyl (C=O) groups excluding carboxylic acids is 1. The lowest BCUT2D eigenvalue weighted by atomic mass is 10.3. The van der Waals surface area contributed by atoms with Crippen LogP contribution in [0.3, 0.4) is 0 Å². The molecule has 37 heavy (non-hydrogen) atoms. The number of thiazole rings is 1. The number of amides is 1. The van der Waals surface area contributed by atoms with Crippen molar-refractivity contribution in [3.63, 3.8) is 0 Å². The predicted molar refractivity (Wildman–Crippen MR) is 143 cm³/mol. The van der Waals surface area contributed by atoms with Gasteiger partial charge in [-0.2, -0.15) is 0 Å². The zero-order valence-electron chi connectivity index (χ0n) is 18.7. The first-order chi connectivity index (χ1) is 17.9. The van der Waals surface area contributed by atoms with Crippen LogP contribution in [0.2, 0.25) is 5.02 Å².